The molecule has 1 aliphatic rings. The molecule has 0 fully saturated rings. The second kappa shape index (κ2) is 9.35. The van der Waals surface area contributed by atoms with Crippen molar-refractivity contribution < 1.29 is 13.7 Å². The molecule has 5 rings (SSSR count). The fourth-order valence-corrected chi connectivity index (χ4v) is 4.41. The van der Waals surface area contributed by atoms with E-state index in [2.05, 4.69) is 22.4 Å². The molecule has 6 nitrogen and oxygen atoms in total. The number of carbonyl (C=O) groups is 1. The quantitative estimate of drug-likeness (QED) is 0.335. The highest BCUT2D eigenvalue weighted by Gasteiger charge is 2.36. The zero-order valence-corrected chi connectivity index (χ0v) is 19.9. The van der Waals surface area contributed by atoms with Gasteiger partial charge < -0.3 is 9.84 Å². The molecule has 1 aromatic heterocycles. The van der Waals surface area contributed by atoms with Gasteiger partial charge in [0.1, 0.15) is 5.82 Å². The van der Waals surface area contributed by atoms with Crippen molar-refractivity contribution in [2.45, 2.75) is 26.3 Å². The fraction of sp³-hybridized carbons (Fsp3) is 0.148. The van der Waals surface area contributed by atoms with Gasteiger partial charge in [0.05, 0.1) is 17.3 Å². The molecule has 2 amide bonds. The Morgan fingerprint density at radius 3 is 2.57 bits per heavy atom. The zero-order chi connectivity index (χ0) is 24.5. The van der Waals surface area contributed by atoms with E-state index in [1.54, 1.807) is 31.2 Å². The van der Waals surface area contributed by atoms with E-state index in [1.807, 2.05) is 36.4 Å². The summed E-state index contributed by atoms with van der Waals surface area (Å²) in [4.78, 5) is 19.3. The van der Waals surface area contributed by atoms with E-state index in [-0.39, 0.29) is 11.9 Å². The van der Waals surface area contributed by atoms with Crippen molar-refractivity contribution in [3.8, 4) is 11.4 Å². The number of hydrogen-bond acceptors (Lipinski definition) is 4. The van der Waals surface area contributed by atoms with Gasteiger partial charge >= 0.3 is 6.03 Å². The average Bonchev–Trinajstić information content (AvgIpc) is 3.34. The van der Waals surface area contributed by atoms with Crippen LogP contribution in [0.2, 0.25) is 5.02 Å². The van der Waals surface area contributed by atoms with Crippen molar-refractivity contribution in [3.05, 3.63) is 106 Å². The zero-order valence-electron chi connectivity index (χ0n) is 19.1. The van der Waals surface area contributed by atoms with Gasteiger partial charge in [-0.3, -0.25) is 4.90 Å². The molecule has 176 valence electrons. The molecule has 35 heavy (non-hydrogen) atoms. The number of benzene rings is 3. The molecule has 0 aliphatic carbocycles. The van der Waals surface area contributed by atoms with Gasteiger partial charge in [-0.05, 0) is 54.8 Å². The molecular formula is C27H22ClFN4O2. The summed E-state index contributed by atoms with van der Waals surface area (Å²) in [5, 5.41) is 7.74. The number of nitrogens with one attached hydrogen (secondary N) is 1. The van der Waals surface area contributed by atoms with Gasteiger partial charge in [-0.2, -0.15) is 4.98 Å². The SMILES string of the molecule is CCc1ccc(C2NC(=O)N(c3cccc(F)c3)C(C)=C2c2nc(-c3cccc(Cl)c3)no2)cc1. The molecule has 0 spiro atoms. The number of aryl methyl sites for hydroxylation is 1. The molecule has 1 N–H and O–H groups in total. The third kappa shape index (κ3) is 4.42. The Morgan fingerprint density at radius 2 is 1.86 bits per heavy atom. The van der Waals surface area contributed by atoms with E-state index in [0.717, 1.165) is 12.0 Å². The Morgan fingerprint density at radius 1 is 1.09 bits per heavy atom. The minimum absolute atomic E-state index is 0.253. The van der Waals surface area contributed by atoms with Crippen LogP contribution < -0.4 is 10.2 Å². The summed E-state index contributed by atoms with van der Waals surface area (Å²) in [7, 11) is 0. The summed E-state index contributed by atoms with van der Waals surface area (Å²) in [6.07, 6.45) is 0.902. The third-order valence-corrected chi connectivity index (χ3v) is 6.25. The molecule has 4 aromatic rings. The first-order valence-corrected chi connectivity index (χ1v) is 11.6. The van der Waals surface area contributed by atoms with Crippen LogP contribution in [0.25, 0.3) is 17.0 Å². The highest BCUT2D eigenvalue weighted by molar-refractivity contribution is 6.30. The maximum Gasteiger partial charge on any atom is 0.327 e. The Labute approximate surface area is 207 Å². The monoisotopic (exact) mass is 488 g/mol. The Hall–Kier alpha value is -3.97. The molecule has 1 aliphatic heterocycles. The van der Waals surface area contributed by atoms with Crippen LogP contribution in [0.4, 0.5) is 14.9 Å². The van der Waals surface area contributed by atoms with Crippen molar-refractivity contribution in [1.82, 2.24) is 15.5 Å². The van der Waals surface area contributed by atoms with Crippen molar-refractivity contribution >= 4 is 28.9 Å². The molecule has 1 unspecified atom stereocenters. The van der Waals surface area contributed by atoms with Gasteiger partial charge in [0.15, 0.2) is 0 Å². The minimum Gasteiger partial charge on any atom is -0.334 e. The summed E-state index contributed by atoms with van der Waals surface area (Å²) in [5.74, 6) is 0.184. The largest absolute Gasteiger partial charge is 0.334 e. The summed E-state index contributed by atoms with van der Waals surface area (Å²) < 4.78 is 19.7. The van der Waals surface area contributed by atoms with Crippen LogP contribution in [-0.4, -0.2) is 16.2 Å². The minimum atomic E-state index is -0.536. The maximum absolute atomic E-state index is 14.0. The number of rotatable bonds is 5. The van der Waals surface area contributed by atoms with E-state index in [9.17, 15) is 9.18 Å². The average molecular weight is 489 g/mol. The number of halogens is 2. The molecule has 2 heterocycles. The standard InChI is InChI=1S/C27H22ClFN4O2/c1-3-17-10-12-18(13-11-17)24-23(26-31-25(32-35-26)19-6-4-7-20(28)14-19)16(2)33(27(34)30-24)22-9-5-8-21(29)15-22/h4-15,24H,3H2,1-2H3,(H,30,34). The summed E-state index contributed by atoms with van der Waals surface area (Å²) in [6, 6.07) is 20.1. The van der Waals surface area contributed by atoms with Gasteiger partial charge in [-0.25, -0.2) is 9.18 Å². The normalized spacial score (nSPS) is 15.9. The molecule has 0 saturated heterocycles. The first kappa shape index (κ1) is 22.8. The van der Waals surface area contributed by atoms with Crippen molar-refractivity contribution in [3.63, 3.8) is 0 Å². The van der Waals surface area contributed by atoms with Crippen LogP contribution in [0.1, 0.15) is 36.9 Å². The number of urea groups is 1. The lowest BCUT2D eigenvalue weighted by molar-refractivity contribution is 0.244. The molecular weight excluding hydrogens is 467 g/mol. The van der Waals surface area contributed by atoms with E-state index >= 15 is 0 Å². The molecule has 0 bridgehead atoms. The van der Waals surface area contributed by atoms with Crippen molar-refractivity contribution in [1.29, 1.82) is 0 Å². The Bertz CT molecular complexity index is 1430. The number of nitrogens with zero attached hydrogens (tertiary/aromatic N) is 3. The van der Waals surface area contributed by atoms with Crippen LogP contribution in [0.3, 0.4) is 0 Å². The van der Waals surface area contributed by atoms with Gasteiger partial charge in [0.2, 0.25) is 5.82 Å². The van der Waals surface area contributed by atoms with E-state index < -0.39 is 11.9 Å². The van der Waals surface area contributed by atoms with Gasteiger partial charge in [-0.1, -0.05) is 66.1 Å². The summed E-state index contributed by atoms with van der Waals surface area (Å²) >= 11 is 6.14. The molecule has 0 saturated carbocycles. The summed E-state index contributed by atoms with van der Waals surface area (Å²) in [5.41, 5.74) is 4.33. The lowest BCUT2D eigenvalue weighted by Crippen LogP contribution is -2.46. The predicted molar refractivity (Wildman–Crippen MR) is 133 cm³/mol. The summed E-state index contributed by atoms with van der Waals surface area (Å²) in [6.45, 7) is 3.87. The van der Waals surface area contributed by atoms with E-state index in [1.165, 1.54) is 22.6 Å². The third-order valence-electron chi connectivity index (χ3n) is 6.01. The van der Waals surface area contributed by atoms with E-state index in [4.69, 9.17) is 16.1 Å². The number of carbonyl (C=O) groups excluding carboxylic acids is 1. The molecule has 0 radical (unpaired) electrons. The Balaban J connectivity index is 1.65. The van der Waals surface area contributed by atoms with Gasteiger partial charge in [-0.15, -0.1) is 0 Å². The van der Waals surface area contributed by atoms with Gasteiger partial charge in [0, 0.05) is 16.3 Å². The highest BCUT2D eigenvalue weighted by atomic mass is 35.5. The maximum atomic E-state index is 14.0. The van der Waals surface area contributed by atoms with Crippen molar-refractivity contribution in [2.24, 2.45) is 0 Å². The first-order valence-electron chi connectivity index (χ1n) is 11.2. The predicted octanol–water partition coefficient (Wildman–Crippen LogP) is 6.79. The highest BCUT2D eigenvalue weighted by Crippen LogP contribution is 2.39. The molecule has 1 atom stereocenters. The number of aromatic nitrogens is 2. The number of amides is 2. The lowest BCUT2D eigenvalue weighted by Gasteiger charge is -2.35. The van der Waals surface area contributed by atoms with Gasteiger partial charge in [0.25, 0.3) is 5.89 Å². The lowest BCUT2D eigenvalue weighted by atomic mass is 9.93. The first-order chi connectivity index (χ1) is 16.9. The van der Waals surface area contributed by atoms with Crippen LogP contribution in [-0.2, 0) is 6.42 Å². The van der Waals surface area contributed by atoms with Crippen molar-refractivity contribution in [2.75, 3.05) is 4.90 Å². The second-order valence-corrected chi connectivity index (χ2v) is 8.66. The fourth-order valence-electron chi connectivity index (χ4n) is 4.22. The topological polar surface area (TPSA) is 71.3 Å². The van der Waals surface area contributed by atoms with Crippen LogP contribution >= 0.6 is 11.6 Å². The number of hydrogen-bond donors (Lipinski definition) is 1. The molecule has 8 heteroatoms. The number of allylic oxidation sites excluding steroid dienone is 1. The van der Waals surface area contributed by atoms with E-state index in [0.29, 0.717) is 33.4 Å². The Kier molecular flexibility index (Phi) is 6.09. The number of anilines is 1. The van der Waals surface area contributed by atoms with Crippen LogP contribution in [0.15, 0.2) is 83.0 Å². The van der Waals surface area contributed by atoms with Crippen LogP contribution in [0.5, 0.6) is 0 Å². The molecule has 3 aromatic carbocycles. The second-order valence-electron chi connectivity index (χ2n) is 8.23. The van der Waals surface area contributed by atoms with Crippen LogP contribution in [0, 0.1) is 5.82 Å². The smallest absolute Gasteiger partial charge is 0.327 e.